The number of amides is 1. The van der Waals surface area contributed by atoms with E-state index in [0.717, 1.165) is 17.7 Å². The van der Waals surface area contributed by atoms with Crippen molar-refractivity contribution in [3.63, 3.8) is 0 Å². The Morgan fingerprint density at radius 2 is 1.91 bits per heavy atom. The molecule has 32 heavy (non-hydrogen) atoms. The molecular weight excluding hydrogens is 443 g/mol. The van der Waals surface area contributed by atoms with Gasteiger partial charge in [-0.2, -0.15) is 13.2 Å². The number of benzene rings is 2. The number of thiazole rings is 1. The first kappa shape index (κ1) is 21.7. The Kier molecular flexibility index (Phi) is 5.79. The van der Waals surface area contributed by atoms with Crippen LogP contribution in [0, 0.1) is 0 Å². The van der Waals surface area contributed by atoms with Crippen LogP contribution >= 0.6 is 11.3 Å². The van der Waals surface area contributed by atoms with E-state index in [2.05, 4.69) is 10.3 Å². The van der Waals surface area contributed by atoms with Crippen LogP contribution in [0.1, 0.15) is 11.3 Å². The molecule has 0 bridgehead atoms. The highest BCUT2D eigenvalue weighted by atomic mass is 32.1. The van der Waals surface area contributed by atoms with Gasteiger partial charge in [-0.3, -0.25) is 9.20 Å². The lowest BCUT2D eigenvalue weighted by molar-refractivity contribution is -0.137. The van der Waals surface area contributed by atoms with Gasteiger partial charge in [0, 0.05) is 28.5 Å². The van der Waals surface area contributed by atoms with Crippen LogP contribution in [0.25, 0.3) is 16.2 Å². The van der Waals surface area contributed by atoms with Gasteiger partial charge in [-0.25, -0.2) is 4.98 Å². The number of methoxy groups -OCH3 is 2. The van der Waals surface area contributed by atoms with Gasteiger partial charge in [0.2, 0.25) is 5.91 Å². The molecule has 1 N–H and O–H groups in total. The highest BCUT2D eigenvalue weighted by Gasteiger charge is 2.30. The number of aromatic nitrogens is 2. The number of imidazole rings is 1. The van der Waals surface area contributed by atoms with E-state index in [1.54, 1.807) is 36.3 Å². The number of halogens is 3. The number of nitrogens with zero attached hydrogens (tertiary/aromatic N) is 2. The minimum Gasteiger partial charge on any atom is -0.493 e. The summed E-state index contributed by atoms with van der Waals surface area (Å²) in [5.41, 5.74) is 1.46. The van der Waals surface area contributed by atoms with Crippen molar-refractivity contribution in [3.8, 4) is 22.8 Å². The number of hydrogen-bond acceptors (Lipinski definition) is 5. The smallest absolute Gasteiger partial charge is 0.416 e. The fourth-order valence-corrected chi connectivity index (χ4v) is 4.11. The van der Waals surface area contributed by atoms with Crippen LogP contribution in [0.15, 0.2) is 54.0 Å². The zero-order valence-corrected chi connectivity index (χ0v) is 17.9. The number of alkyl halides is 3. The van der Waals surface area contributed by atoms with E-state index in [-0.39, 0.29) is 12.1 Å². The summed E-state index contributed by atoms with van der Waals surface area (Å²) in [5, 5.41) is 4.32. The average molecular weight is 461 g/mol. The third kappa shape index (κ3) is 4.40. The molecule has 0 spiro atoms. The second-order valence-electron chi connectivity index (χ2n) is 6.88. The molecule has 0 atom stereocenters. The van der Waals surface area contributed by atoms with Gasteiger partial charge in [0.25, 0.3) is 0 Å². The molecule has 0 fully saturated rings. The van der Waals surface area contributed by atoms with E-state index < -0.39 is 17.6 Å². The van der Waals surface area contributed by atoms with Crippen LogP contribution in [0.5, 0.6) is 11.5 Å². The molecular formula is C22H18F3N3O3S. The van der Waals surface area contributed by atoms with E-state index in [9.17, 15) is 18.0 Å². The van der Waals surface area contributed by atoms with Crippen molar-refractivity contribution in [1.82, 2.24) is 9.38 Å². The first-order valence-electron chi connectivity index (χ1n) is 9.43. The lowest BCUT2D eigenvalue weighted by Gasteiger charge is -2.09. The van der Waals surface area contributed by atoms with Gasteiger partial charge in [0.1, 0.15) is 0 Å². The zero-order chi connectivity index (χ0) is 22.9. The topological polar surface area (TPSA) is 64.9 Å². The predicted octanol–water partition coefficient (Wildman–Crippen LogP) is 5.28. The van der Waals surface area contributed by atoms with Crippen LogP contribution in [0.2, 0.25) is 0 Å². The van der Waals surface area contributed by atoms with Crippen molar-refractivity contribution in [2.45, 2.75) is 12.6 Å². The number of carbonyl (C=O) groups is 1. The predicted molar refractivity (Wildman–Crippen MR) is 115 cm³/mol. The lowest BCUT2D eigenvalue weighted by Crippen LogP contribution is -2.16. The number of ether oxygens (including phenoxy) is 2. The fraction of sp³-hybridized carbons (Fsp3) is 0.182. The van der Waals surface area contributed by atoms with Crippen LogP contribution in [0.4, 0.5) is 18.9 Å². The summed E-state index contributed by atoms with van der Waals surface area (Å²) in [7, 11) is 3.11. The summed E-state index contributed by atoms with van der Waals surface area (Å²) in [6.45, 7) is 0. The normalized spacial score (nSPS) is 11.5. The molecule has 2 aromatic heterocycles. The molecule has 1 amide bonds. The summed E-state index contributed by atoms with van der Waals surface area (Å²) >= 11 is 1.37. The molecule has 0 aliphatic heterocycles. The number of nitrogens with one attached hydrogen (secondary N) is 1. The van der Waals surface area contributed by atoms with Gasteiger partial charge >= 0.3 is 6.18 Å². The lowest BCUT2D eigenvalue weighted by atomic mass is 10.1. The molecule has 166 valence electrons. The van der Waals surface area contributed by atoms with Gasteiger partial charge in [0.05, 0.1) is 31.9 Å². The van der Waals surface area contributed by atoms with Crippen molar-refractivity contribution in [2.75, 3.05) is 19.5 Å². The number of fused-ring (bicyclic) bond motifs is 1. The Balaban J connectivity index is 1.54. The van der Waals surface area contributed by atoms with Gasteiger partial charge in [-0.05, 0) is 36.4 Å². The second-order valence-corrected chi connectivity index (χ2v) is 7.72. The number of hydrogen-bond donors (Lipinski definition) is 1. The quantitative estimate of drug-likeness (QED) is 0.424. The molecule has 0 radical (unpaired) electrons. The summed E-state index contributed by atoms with van der Waals surface area (Å²) < 4.78 is 51.0. The molecule has 4 rings (SSSR count). The van der Waals surface area contributed by atoms with Gasteiger partial charge in [-0.15, -0.1) is 11.3 Å². The van der Waals surface area contributed by atoms with Crippen LogP contribution in [-0.2, 0) is 17.4 Å². The van der Waals surface area contributed by atoms with E-state index in [4.69, 9.17) is 9.47 Å². The molecule has 2 aromatic carbocycles. The maximum Gasteiger partial charge on any atom is 0.416 e. The highest BCUT2D eigenvalue weighted by Crippen LogP contribution is 2.33. The van der Waals surface area contributed by atoms with Crippen molar-refractivity contribution >= 4 is 27.9 Å². The molecule has 0 unspecified atom stereocenters. The highest BCUT2D eigenvalue weighted by molar-refractivity contribution is 7.15. The Labute approximate surface area is 185 Å². The fourth-order valence-electron chi connectivity index (χ4n) is 3.23. The molecule has 4 aromatic rings. The standard InChI is InChI=1S/C22H18F3N3O3S/c1-30-18-7-6-13(8-19(18)31-2)17-11-28-16(12-32-21(28)27-17)10-20(29)26-15-5-3-4-14(9-15)22(23,24)25/h3-9,11-12H,10H2,1-2H3,(H,26,29). The molecule has 0 aliphatic rings. The van der Waals surface area contributed by atoms with Gasteiger partial charge in [0.15, 0.2) is 16.5 Å². The summed E-state index contributed by atoms with van der Waals surface area (Å²) in [5.74, 6) is 0.747. The first-order valence-corrected chi connectivity index (χ1v) is 10.3. The van der Waals surface area contributed by atoms with Crippen LogP contribution < -0.4 is 14.8 Å². The molecule has 10 heteroatoms. The van der Waals surface area contributed by atoms with Gasteiger partial charge in [-0.1, -0.05) is 6.07 Å². The molecule has 0 saturated heterocycles. The Bertz CT molecular complexity index is 1280. The zero-order valence-electron chi connectivity index (χ0n) is 17.1. The summed E-state index contributed by atoms with van der Waals surface area (Å²) in [6, 6.07) is 9.99. The van der Waals surface area contributed by atoms with Crippen molar-refractivity contribution in [2.24, 2.45) is 0 Å². The molecule has 2 heterocycles. The van der Waals surface area contributed by atoms with E-state index in [1.807, 2.05) is 12.1 Å². The van der Waals surface area contributed by atoms with E-state index >= 15 is 0 Å². The van der Waals surface area contributed by atoms with Crippen molar-refractivity contribution in [3.05, 3.63) is 65.3 Å². The minimum atomic E-state index is -4.47. The monoisotopic (exact) mass is 461 g/mol. The molecule has 6 nitrogen and oxygen atoms in total. The van der Waals surface area contributed by atoms with E-state index in [1.165, 1.54) is 23.5 Å². The third-order valence-corrected chi connectivity index (χ3v) is 5.67. The Morgan fingerprint density at radius 1 is 1.12 bits per heavy atom. The minimum absolute atomic E-state index is 0.0159. The van der Waals surface area contributed by atoms with Gasteiger partial charge < -0.3 is 14.8 Å². The summed E-state index contributed by atoms with van der Waals surface area (Å²) in [4.78, 5) is 17.7. The Hall–Kier alpha value is -3.53. The van der Waals surface area contributed by atoms with Crippen LogP contribution in [-0.4, -0.2) is 29.5 Å². The van der Waals surface area contributed by atoms with Crippen molar-refractivity contribution in [1.29, 1.82) is 0 Å². The second kappa shape index (κ2) is 8.54. The third-order valence-electron chi connectivity index (χ3n) is 4.78. The maximum atomic E-state index is 12.9. The SMILES string of the molecule is COc1ccc(-c2cn3c(CC(=O)Nc4cccc(C(F)(F)F)c4)csc3n2)cc1OC. The van der Waals surface area contributed by atoms with Crippen LogP contribution in [0.3, 0.4) is 0 Å². The van der Waals surface area contributed by atoms with E-state index in [0.29, 0.717) is 27.8 Å². The largest absolute Gasteiger partial charge is 0.493 e. The first-order chi connectivity index (χ1) is 15.3. The Morgan fingerprint density at radius 3 is 2.62 bits per heavy atom. The molecule has 0 aliphatic carbocycles. The number of anilines is 1. The van der Waals surface area contributed by atoms with Crippen molar-refractivity contribution < 1.29 is 27.4 Å². The molecule has 0 saturated carbocycles. The summed E-state index contributed by atoms with van der Waals surface area (Å²) in [6.07, 6.45) is -2.68. The number of rotatable bonds is 6. The maximum absolute atomic E-state index is 12.9. The number of carbonyl (C=O) groups excluding carboxylic acids is 1. The average Bonchev–Trinajstić information content (AvgIpc) is 3.35.